The van der Waals surface area contributed by atoms with Crippen molar-refractivity contribution >= 4 is 17.5 Å². The molecule has 0 heterocycles. The van der Waals surface area contributed by atoms with Gasteiger partial charge in [0, 0.05) is 16.7 Å². The number of benzene rings is 1. The summed E-state index contributed by atoms with van der Waals surface area (Å²) in [6, 6.07) is 5.99. The van der Waals surface area contributed by atoms with Gasteiger partial charge in [-0.25, -0.2) is 4.79 Å². The van der Waals surface area contributed by atoms with E-state index in [4.69, 9.17) is 4.74 Å². The van der Waals surface area contributed by atoms with Crippen molar-refractivity contribution in [3.63, 3.8) is 0 Å². The molecule has 0 spiro atoms. The molecular weight excluding hydrogens is 248 g/mol. The molecule has 0 fully saturated rings. The first-order valence-electron chi connectivity index (χ1n) is 5.43. The monoisotopic (exact) mass is 258 g/mol. The van der Waals surface area contributed by atoms with Crippen LogP contribution in [0.25, 0.3) is 0 Å². The van der Waals surface area contributed by atoms with E-state index in [1.54, 1.807) is 12.1 Å². The molecule has 0 atom stereocenters. The van der Waals surface area contributed by atoms with Crippen LogP contribution in [0.3, 0.4) is 0 Å². The molecule has 0 aliphatic heterocycles. The topological polar surface area (TPSA) is 80.7 Å². The van der Waals surface area contributed by atoms with Crippen LogP contribution in [-0.4, -0.2) is 22.6 Å². The predicted octanol–water partition coefficient (Wildman–Crippen LogP) is 1.95. The van der Waals surface area contributed by atoms with E-state index >= 15 is 0 Å². The number of Topliss-reactive ketones (excluding diaryl/α,β-unsaturated/α-hetero) is 2. The van der Waals surface area contributed by atoms with E-state index in [-0.39, 0.29) is 16.7 Å². The molecule has 1 aliphatic rings. The van der Waals surface area contributed by atoms with Gasteiger partial charge in [-0.3, -0.25) is 9.59 Å². The first-order valence-corrected chi connectivity index (χ1v) is 5.43. The number of ether oxygens (including phenoxy) is 1. The highest BCUT2D eigenvalue weighted by Crippen LogP contribution is 2.26. The molecule has 0 amide bonds. The summed E-state index contributed by atoms with van der Waals surface area (Å²) in [5, 5.41) is 9.69. The highest BCUT2D eigenvalue weighted by Gasteiger charge is 2.34. The smallest absolute Gasteiger partial charge is 0.338 e. The number of esters is 1. The van der Waals surface area contributed by atoms with E-state index in [0.29, 0.717) is 0 Å². The first kappa shape index (κ1) is 12.8. The maximum Gasteiger partial charge on any atom is 0.338 e. The third-order valence-electron chi connectivity index (χ3n) is 2.60. The fourth-order valence-corrected chi connectivity index (χ4v) is 1.61. The Balaban J connectivity index is 2.49. The standard InChI is InChI=1S/C14H10O5/c1-7(2)14(18)19-13-11(16)9-6-4-3-5-8(9)10(15)12(13)17/h3-6,17H,1H2,2H3. The van der Waals surface area contributed by atoms with Gasteiger partial charge in [-0.15, -0.1) is 0 Å². The number of ketones is 2. The van der Waals surface area contributed by atoms with Gasteiger partial charge in [0.25, 0.3) is 0 Å². The van der Waals surface area contributed by atoms with Crippen molar-refractivity contribution in [2.24, 2.45) is 0 Å². The van der Waals surface area contributed by atoms with Crippen LogP contribution < -0.4 is 0 Å². The number of carbonyl (C=O) groups is 3. The average molecular weight is 258 g/mol. The lowest BCUT2D eigenvalue weighted by Crippen LogP contribution is -2.25. The second kappa shape index (κ2) is 4.53. The quantitative estimate of drug-likeness (QED) is 0.647. The summed E-state index contributed by atoms with van der Waals surface area (Å²) in [4.78, 5) is 35.3. The van der Waals surface area contributed by atoms with Gasteiger partial charge in [0.05, 0.1) is 0 Å². The van der Waals surface area contributed by atoms with Crippen LogP contribution in [0, 0.1) is 0 Å². The Labute approximate surface area is 108 Å². The number of hydrogen-bond donors (Lipinski definition) is 1. The minimum Gasteiger partial charge on any atom is -0.501 e. The van der Waals surface area contributed by atoms with Gasteiger partial charge in [-0.05, 0) is 6.92 Å². The molecule has 1 aromatic rings. The molecule has 0 saturated heterocycles. The summed E-state index contributed by atoms with van der Waals surface area (Å²) in [5.41, 5.74) is 0.231. The van der Waals surface area contributed by atoms with Crippen molar-refractivity contribution in [1.82, 2.24) is 0 Å². The van der Waals surface area contributed by atoms with Crippen LogP contribution in [0.2, 0.25) is 0 Å². The number of allylic oxidation sites excluding steroid dienone is 2. The number of aliphatic hydroxyl groups excluding tert-OH is 1. The lowest BCUT2D eigenvalue weighted by Gasteiger charge is -2.16. The van der Waals surface area contributed by atoms with Crippen molar-refractivity contribution in [2.45, 2.75) is 6.92 Å². The number of rotatable bonds is 2. The van der Waals surface area contributed by atoms with Crippen LogP contribution in [-0.2, 0) is 9.53 Å². The maximum atomic E-state index is 12.1. The first-order chi connectivity index (χ1) is 8.93. The summed E-state index contributed by atoms with van der Waals surface area (Å²) >= 11 is 0. The minimum atomic E-state index is -0.873. The Morgan fingerprint density at radius 3 is 2.21 bits per heavy atom. The molecule has 0 saturated carbocycles. The fourth-order valence-electron chi connectivity index (χ4n) is 1.61. The minimum absolute atomic E-state index is 0.0550. The normalized spacial score (nSPS) is 14.2. The Hall–Kier alpha value is -2.69. The van der Waals surface area contributed by atoms with Crippen molar-refractivity contribution in [3.05, 3.63) is 59.1 Å². The van der Waals surface area contributed by atoms with Crippen molar-refractivity contribution in [3.8, 4) is 0 Å². The summed E-state index contributed by atoms with van der Waals surface area (Å²) in [5.74, 6) is -3.85. The third-order valence-corrected chi connectivity index (χ3v) is 2.60. The molecule has 0 bridgehead atoms. The molecule has 0 radical (unpaired) electrons. The van der Waals surface area contributed by atoms with Gasteiger partial charge in [0.1, 0.15) is 0 Å². The Morgan fingerprint density at radius 2 is 1.68 bits per heavy atom. The summed E-state index contributed by atoms with van der Waals surface area (Å²) in [6.45, 7) is 4.75. The van der Waals surface area contributed by atoms with E-state index < -0.39 is 29.1 Å². The number of fused-ring (bicyclic) bond motifs is 1. The van der Waals surface area contributed by atoms with Gasteiger partial charge < -0.3 is 9.84 Å². The lowest BCUT2D eigenvalue weighted by molar-refractivity contribution is -0.134. The zero-order chi connectivity index (χ0) is 14.2. The van der Waals surface area contributed by atoms with Gasteiger partial charge in [-0.2, -0.15) is 0 Å². The van der Waals surface area contributed by atoms with Crippen LogP contribution >= 0.6 is 0 Å². The van der Waals surface area contributed by atoms with Crippen LogP contribution in [0.1, 0.15) is 27.6 Å². The van der Waals surface area contributed by atoms with Gasteiger partial charge in [0.2, 0.25) is 23.1 Å². The van der Waals surface area contributed by atoms with E-state index in [2.05, 4.69) is 6.58 Å². The Bertz CT molecular complexity index is 652. The van der Waals surface area contributed by atoms with E-state index in [1.165, 1.54) is 19.1 Å². The van der Waals surface area contributed by atoms with Crippen molar-refractivity contribution < 1.29 is 24.2 Å². The molecule has 1 N–H and O–H groups in total. The number of hydrogen-bond acceptors (Lipinski definition) is 5. The van der Waals surface area contributed by atoms with Gasteiger partial charge >= 0.3 is 5.97 Å². The van der Waals surface area contributed by atoms with Crippen LogP contribution in [0.15, 0.2) is 47.9 Å². The van der Waals surface area contributed by atoms with Gasteiger partial charge in [-0.1, -0.05) is 30.8 Å². The maximum absolute atomic E-state index is 12.1. The molecule has 1 aromatic carbocycles. The van der Waals surface area contributed by atoms with Crippen molar-refractivity contribution in [2.75, 3.05) is 0 Å². The fraction of sp³-hybridized carbons (Fsp3) is 0.0714. The predicted molar refractivity (Wildman–Crippen MR) is 65.7 cm³/mol. The third kappa shape index (κ3) is 2.06. The van der Waals surface area contributed by atoms with E-state index in [1.807, 2.05) is 0 Å². The molecular formula is C14H10O5. The molecule has 96 valence electrons. The second-order valence-corrected chi connectivity index (χ2v) is 4.05. The van der Waals surface area contributed by atoms with E-state index in [9.17, 15) is 19.5 Å². The van der Waals surface area contributed by atoms with Crippen LogP contribution in [0.5, 0.6) is 0 Å². The second-order valence-electron chi connectivity index (χ2n) is 4.05. The number of aliphatic hydroxyl groups is 1. The molecule has 19 heavy (non-hydrogen) atoms. The summed E-state index contributed by atoms with van der Waals surface area (Å²) in [6.07, 6.45) is 0. The van der Waals surface area contributed by atoms with Crippen molar-refractivity contribution in [1.29, 1.82) is 0 Å². The molecule has 5 nitrogen and oxygen atoms in total. The lowest BCUT2D eigenvalue weighted by atomic mass is 9.92. The molecule has 2 rings (SSSR count). The highest BCUT2D eigenvalue weighted by atomic mass is 16.5. The summed E-state index contributed by atoms with van der Waals surface area (Å²) in [7, 11) is 0. The average Bonchev–Trinajstić information content (AvgIpc) is 2.40. The Morgan fingerprint density at radius 1 is 1.16 bits per heavy atom. The number of carbonyl (C=O) groups excluding carboxylic acids is 3. The molecule has 0 unspecified atom stereocenters. The van der Waals surface area contributed by atoms with Gasteiger partial charge in [0.15, 0.2) is 0 Å². The van der Waals surface area contributed by atoms with E-state index in [0.717, 1.165) is 0 Å². The largest absolute Gasteiger partial charge is 0.501 e. The van der Waals surface area contributed by atoms with Crippen LogP contribution in [0.4, 0.5) is 0 Å². The SMILES string of the molecule is C=C(C)C(=O)OC1=C(O)C(=O)c2ccccc2C1=O. The molecule has 1 aliphatic carbocycles. The summed E-state index contributed by atoms with van der Waals surface area (Å²) < 4.78 is 4.73. The molecule has 0 aromatic heterocycles. The Kier molecular flexibility index (Phi) is 3.04. The zero-order valence-corrected chi connectivity index (χ0v) is 10.1. The highest BCUT2D eigenvalue weighted by molar-refractivity contribution is 6.25. The zero-order valence-electron chi connectivity index (χ0n) is 10.1. The molecule has 5 heteroatoms.